The number of carbonyl (C=O) groups excluding carboxylic acids is 3. The summed E-state index contributed by atoms with van der Waals surface area (Å²) < 4.78 is 0. The lowest BCUT2D eigenvalue weighted by Gasteiger charge is -2.11. The van der Waals surface area contributed by atoms with Crippen LogP contribution < -0.4 is 15.5 Å². The molecule has 2 aromatic carbocycles. The Bertz CT molecular complexity index is 843. The zero-order valence-corrected chi connectivity index (χ0v) is 11.8. The van der Waals surface area contributed by atoms with Gasteiger partial charge in [0.1, 0.15) is 0 Å². The Morgan fingerprint density at radius 1 is 0.875 bits per heavy atom. The average Bonchev–Trinajstić information content (AvgIpc) is 2.54. The molecule has 0 aromatic heterocycles. The Kier molecular flexibility index (Phi) is 4.55. The van der Waals surface area contributed by atoms with E-state index in [1.807, 2.05) is 0 Å². The second-order valence-electron chi connectivity index (χ2n) is 4.59. The molecule has 122 valence electrons. The minimum absolute atomic E-state index is 0.0984. The van der Waals surface area contributed by atoms with Gasteiger partial charge in [-0.25, -0.2) is 0 Å². The number of hydrogen-bond acceptors (Lipinski definition) is 7. The second kappa shape index (κ2) is 6.57. The smallest absolute Gasteiger partial charge is 0.270 e. The van der Waals surface area contributed by atoms with E-state index in [4.69, 9.17) is 0 Å². The third-order valence-corrected chi connectivity index (χ3v) is 3.06. The molecule has 0 heterocycles. The average molecular weight is 328 g/mol. The molecule has 1 amide bonds. The van der Waals surface area contributed by atoms with Gasteiger partial charge in [-0.1, -0.05) is 12.1 Å². The molecule has 2 rings (SSSR count). The Labute approximate surface area is 134 Å². The van der Waals surface area contributed by atoms with E-state index in [0.717, 1.165) is 18.2 Å². The minimum Gasteiger partial charge on any atom is -0.545 e. The standard InChI is InChI=1S/C15H10N2O7/c18-13(16-9-3-1-8(2-4-9)14(19)20)11-6-5-10(17(23)24)7-12(11)15(21)22/h1-7H,(H,16,18)(H,19,20)(H,21,22)/p-2. The maximum absolute atomic E-state index is 12.1. The van der Waals surface area contributed by atoms with Crippen molar-refractivity contribution in [3.8, 4) is 0 Å². The van der Waals surface area contributed by atoms with Crippen molar-refractivity contribution in [1.29, 1.82) is 0 Å². The van der Waals surface area contributed by atoms with Gasteiger partial charge in [-0.15, -0.1) is 0 Å². The molecular formula is C15H8N2O7-2. The first-order valence-electron chi connectivity index (χ1n) is 6.42. The van der Waals surface area contributed by atoms with Gasteiger partial charge in [0.15, 0.2) is 0 Å². The van der Waals surface area contributed by atoms with E-state index in [-0.39, 0.29) is 16.8 Å². The fourth-order valence-corrected chi connectivity index (χ4v) is 1.90. The van der Waals surface area contributed by atoms with Crippen LogP contribution in [0.1, 0.15) is 31.1 Å². The number of benzene rings is 2. The number of nitro benzene ring substituents is 1. The molecule has 0 aliphatic carbocycles. The van der Waals surface area contributed by atoms with Gasteiger partial charge in [0.05, 0.1) is 16.9 Å². The largest absolute Gasteiger partial charge is 0.545 e. The Hall–Kier alpha value is -3.75. The Balaban J connectivity index is 2.30. The summed E-state index contributed by atoms with van der Waals surface area (Å²) in [7, 11) is 0. The number of carboxylic acids is 2. The monoisotopic (exact) mass is 328 g/mol. The molecule has 24 heavy (non-hydrogen) atoms. The van der Waals surface area contributed by atoms with Crippen molar-refractivity contribution in [1.82, 2.24) is 0 Å². The zero-order chi connectivity index (χ0) is 17.9. The highest BCUT2D eigenvalue weighted by Gasteiger charge is 2.17. The van der Waals surface area contributed by atoms with Crippen LogP contribution in [0, 0.1) is 10.1 Å². The number of nitrogens with zero attached hydrogens (tertiary/aromatic N) is 1. The molecule has 0 spiro atoms. The van der Waals surface area contributed by atoms with Gasteiger partial charge in [0, 0.05) is 28.9 Å². The van der Waals surface area contributed by atoms with Crippen molar-refractivity contribution >= 4 is 29.2 Å². The van der Waals surface area contributed by atoms with Crippen LogP contribution in [0.4, 0.5) is 11.4 Å². The lowest BCUT2D eigenvalue weighted by molar-refractivity contribution is -0.385. The fourth-order valence-electron chi connectivity index (χ4n) is 1.90. The van der Waals surface area contributed by atoms with E-state index in [0.29, 0.717) is 0 Å². The number of hydrogen-bond donors (Lipinski definition) is 1. The number of non-ortho nitro benzene ring substituents is 1. The van der Waals surface area contributed by atoms with Crippen molar-refractivity contribution < 1.29 is 29.5 Å². The summed E-state index contributed by atoms with van der Waals surface area (Å²) in [6, 6.07) is 7.67. The molecule has 0 unspecified atom stereocenters. The van der Waals surface area contributed by atoms with Gasteiger partial charge in [-0.2, -0.15) is 0 Å². The number of nitro groups is 1. The van der Waals surface area contributed by atoms with Crippen molar-refractivity contribution in [2.75, 3.05) is 5.32 Å². The third kappa shape index (κ3) is 3.53. The number of nitrogens with one attached hydrogen (secondary N) is 1. The van der Waals surface area contributed by atoms with E-state index < -0.39 is 34.0 Å². The van der Waals surface area contributed by atoms with Crippen molar-refractivity contribution in [2.45, 2.75) is 0 Å². The van der Waals surface area contributed by atoms with Gasteiger partial charge in [-0.3, -0.25) is 14.9 Å². The number of carbonyl (C=O) groups is 3. The number of carboxylic acid groups (broad SMARTS) is 2. The highest BCUT2D eigenvalue weighted by atomic mass is 16.6. The highest BCUT2D eigenvalue weighted by molar-refractivity contribution is 6.10. The molecule has 9 heteroatoms. The third-order valence-electron chi connectivity index (χ3n) is 3.06. The first kappa shape index (κ1) is 16.6. The first-order chi connectivity index (χ1) is 11.3. The lowest BCUT2D eigenvalue weighted by Crippen LogP contribution is -2.26. The zero-order valence-electron chi connectivity index (χ0n) is 11.8. The lowest BCUT2D eigenvalue weighted by atomic mass is 10.1. The van der Waals surface area contributed by atoms with E-state index >= 15 is 0 Å². The van der Waals surface area contributed by atoms with Gasteiger partial charge in [0.2, 0.25) is 0 Å². The topological polar surface area (TPSA) is 152 Å². The van der Waals surface area contributed by atoms with Crippen LogP contribution in [0.5, 0.6) is 0 Å². The molecule has 0 saturated carbocycles. The normalized spacial score (nSPS) is 10.0. The summed E-state index contributed by atoms with van der Waals surface area (Å²) in [5.74, 6) is -3.97. The summed E-state index contributed by atoms with van der Waals surface area (Å²) in [4.78, 5) is 43.7. The summed E-state index contributed by atoms with van der Waals surface area (Å²) in [5.41, 5.74) is -1.35. The maximum atomic E-state index is 12.1. The fraction of sp³-hybridized carbons (Fsp3) is 0. The molecule has 1 N–H and O–H groups in total. The van der Waals surface area contributed by atoms with E-state index in [9.17, 15) is 34.7 Å². The SMILES string of the molecule is O=C([O-])c1ccc(NC(=O)c2ccc([N+](=O)[O-])cc2C(=O)[O-])cc1. The highest BCUT2D eigenvalue weighted by Crippen LogP contribution is 2.19. The Morgan fingerprint density at radius 3 is 2.00 bits per heavy atom. The maximum Gasteiger partial charge on any atom is 0.270 e. The number of amides is 1. The van der Waals surface area contributed by atoms with Gasteiger partial charge in [0.25, 0.3) is 11.6 Å². The molecule has 2 aromatic rings. The Morgan fingerprint density at radius 2 is 1.50 bits per heavy atom. The molecule has 0 saturated heterocycles. The predicted molar refractivity (Wildman–Crippen MR) is 76.2 cm³/mol. The van der Waals surface area contributed by atoms with Crippen LogP contribution in [-0.2, 0) is 0 Å². The number of anilines is 1. The molecule has 0 bridgehead atoms. The molecule has 9 nitrogen and oxygen atoms in total. The van der Waals surface area contributed by atoms with E-state index in [1.54, 1.807) is 0 Å². The van der Waals surface area contributed by atoms with E-state index in [2.05, 4.69) is 5.32 Å². The van der Waals surface area contributed by atoms with Gasteiger partial charge < -0.3 is 25.1 Å². The van der Waals surface area contributed by atoms with Crippen LogP contribution in [-0.4, -0.2) is 22.8 Å². The number of aromatic carboxylic acids is 2. The van der Waals surface area contributed by atoms with Gasteiger partial charge >= 0.3 is 0 Å². The first-order valence-corrected chi connectivity index (χ1v) is 6.42. The molecule has 0 radical (unpaired) electrons. The van der Waals surface area contributed by atoms with Crippen molar-refractivity contribution in [3.05, 3.63) is 69.3 Å². The predicted octanol–water partition coefficient (Wildman–Crippen LogP) is -0.426. The van der Waals surface area contributed by atoms with Crippen LogP contribution in [0.2, 0.25) is 0 Å². The molecule has 0 aliphatic rings. The van der Waals surface area contributed by atoms with Gasteiger partial charge in [-0.05, 0) is 23.8 Å². The number of rotatable bonds is 5. The molecule has 0 atom stereocenters. The van der Waals surface area contributed by atoms with E-state index in [1.165, 1.54) is 24.3 Å². The van der Waals surface area contributed by atoms with Crippen LogP contribution in [0.3, 0.4) is 0 Å². The van der Waals surface area contributed by atoms with Crippen molar-refractivity contribution in [3.63, 3.8) is 0 Å². The second-order valence-corrected chi connectivity index (χ2v) is 4.59. The summed E-state index contributed by atoms with van der Waals surface area (Å²) >= 11 is 0. The summed E-state index contributed by atoms with van der Waals surface area (Å²) in [6.45, 7) is 0. The van der Waals surface area contributed by atoms with Crippen LogP contribution in [0.25, 0.3) is 0 Å². The molecule has 0 aliphatic heterocycles. The van der Waals surface area contributed by atoms with Crippen molar-refractivity contribution in [2.24, 2.45) is 0 Å². The summed E-state index contributed by atoms with van der Waals surface area (Å²) in [6.07, 6.45) is 0. The minimum atomic E-state index is -1.74. The summed E-state index contributed by atoms with van der Waals surface area (Å²) in [5, 5.41) is 34.8. The van der Waals surface area contributed by atoms with Crippen LogP contribution >= 0.6 is 0 Å². The molecular weight excluding hydrogens is 320 g/mol. The molecule has 0 fully saturated rings. The van der Waals surface area contributed by atoms with Crippen LogP contribution in [0.15, 0.2) is 42.5 Å². The quantitative estimate of drug-likeness (QED) is 0.577.